The van der Waals surface area contributed by atoms with E-state index in [2.05, 4.69) is 52.7 Å². The van der Waals surface area contributed by atoms with Crippen LogP contribution in [0.2, 0.25) is 0 Å². The molecule has 3 aromatic rings. The lowest BCUT2D eigenvalue weighted by Crippen LogP contribution is -1.94. The number of benzene rings is 1. The number of rotatable bonds is 3. The van der Waals surface area contributed by atoms with Crippen molar-refractivity contribution in [2.75, 3.05) is 11.9 Å². The van der Waals surface area contributed by atoms with Gasteiger partial charge in [-0.15, -0.1) is 11.3 Å². The van der Waals surface area contributed by atoms with Gasteiger partial charge in [-0.1, -0.05) is 12.1 Å². The van der Waals surface area contributed by atoms with Gasteiger partial charge in [-0.2, -0.15) is 0 Å². The molecule has 0 fully saturated rings. The first-order chi connectivity index (χ1) is 8.78. The van der Waals surface area contributed by atoms with Crippen LogP contribution in [0.3, 0.4) is 0 Å². The smallest absolute Gasteiger partial charge is 0.183 e. The Hall–Kier alpha value is -1.81. The summed E-state index contributed by atoms with van der Waals surface area (Å²) < 4.78 is 0. The van der Waals surface area contributed by atoms with E-state index in [1.54, 1.807) is 11.3 Å². The summed E-state index contributed by atoms with van der Waals surface area (Å²) >= 11 is 1.65. The van der Waals surface area contributed by atoms with Crippen LogP contribution in [0.4, 0.5) is 5.13 Å². The Morgan fingerprint density at radius 3 is 3.11 bits per heavy atom. The summed E-state index contributed by atoms with van der Waals surface area (Å²) in [6.45, 7) is 5.08. The predicted octanol–water partition coefficient (Wildman–Crippen LogP) is 4.03. The van der Waals surface area contributed by atoms with Gasteiger partial charge in [-0.05, 0) is 25.5 Å². The van der Waals surface area contributed by atoms with Gasteiger partial charge in [-0.3, -0.25) is 0 Å². The van der Waals surface area contributed by atoms with Crippen molar-refractivity contribution in [3.8, 4) is 11.3 Å². The first-order valence-corrected chi connectivity index (χ1v) is 6.93. The molecule has 0 amide bonds. The number of fused-ring (bicyclic) bond motifs is 1. The van der Waals surface area contributed by atoms with Gasteiger partial charge in [0.15, 0.2) is 5.13 Å². The molecule has 0 unspecified atom stereocenters. The van der Waals surface area contributed by atoms with E-state index < -0.39 is 0 Å². The normalized spacial score (nSPS) is 11.0. The molecule has 2 N–H and O–H groups in total. The van der Waals surface area contributed by atoms with E-state index in [0.29, 0.717) is 0 Å². The average Bonchev–Trinajstić information content (AvgIpc) is 2.95. The first-order valence-electron chi connectivity index (χ1n) is 6.05. The topological polar surface area (TPSA) is 40.7 Å². The van der Waals surface area contributed by atoms with Crippen molar-refractivity contribution in [2.45, 2.75) is 13.8 Å². The molecule has 0 aliphatic carbocycles. The molecule has 0 aliphatic heterocycles. The van der Waals surface area contributed by atoms with Crippen LogP contribution in [0.25, 0.3) is 22.2 Å². The second-order valence-electron chi connectivity index (χ2n) is 4.32. The van der Waals surface area contributed by atoms with Crippen LogP contribution in [0, 0.1) is 6.92 Å². The van der Waals surface area contributed by atoms with Gasteiger partial charge in [0.05, 0.1) is 5.69 Å². The Kier molecular flexibility index (Phi) is 2.80. The monoisotopic (exact) mass is 257 g/mol. The third kappa shape index (κ3) is 1.88. The van der Waals surface area contributed by atoms with Crippen molar-refractivity contribution >= 4 is 27.4 Å². The van der Waals surface area contributed by atoms with Gasteiger partial charge in [-0.25, -0.2) is 4.98 Å². The van der Waals surface area contributed by atoms with Crippen LogP contribution in [-0.2, 0) is 0 Å². The van der Waals surface area contributed by atoms with Crippen molar-refractivity contribution in [2.24, 2.45) is 0 Å². The summed E-state index contributed by atoms with van der Waals surface area (Å²) in [6, 6.07) is 6.45. The third-order valence-electron chi connectivity index (χ3n) is 2.95. The fraction of sp³-hybridized carbons (Fsp3) is 0.214. The predicted molar refractivity (Wildman–Crippen MR) is 78.3 cm³/mol. The van der Waals surface area contributed by atoms with Crippen LogP contribution in [0.5, 0.6) is 0 Å². The van der Waals surface area contributed by atoms with Crippen molar-refractivity contribution in [1.82, 2.24) is 9.97 Å². The molecule has 0 saturated carbocycles. The molecule has 2 heterocycles. The lowest BCUT2D eigenvalue weighted by atomic mass is 10.1. The van der Waals surface area contributed by atoms with Gasteiger partial charge >= 0.3 is 0 Å². The Morgan fingerprint density at radius 2 is 2.28 bits per heavy atom. The second kappa shape index (κ2) is 4.46. The Morgan fingerprint density at radius 1 is 1.39 bits per heavy atom. The van der Waals surface area contributed by atoms with Gasteiger partial charge in [0, 0.05) is 34.6 Å². The summed E-state index contributed by atoms with van der Waals surface area (Å²) in [7, 11) is 0. The summed E-state index contributed by atoms with van der Waals surface area (Å²) in [6.07, 6.45) is 2.04. The maximum absolute atomic E-state index is 4.60. The molecule has 0 atom stereocenters. The maximum atomic E-state index is 4.60. The van der Waals surface area contributed by atoms with E-state index in [1.165, 1.54) is 22.0 Å². The largest absolute Gasteiger partial charge is 0.362 e. The summed E-state index contributed by atoms with van der Waals surface area (Å²) in [4.78, 5) is 7.92. The minimum absolute atomic E-state index is 0.903. The van der Waals surface area contributed by atoms with Gasteiger partial charge in [0.1, 0.15) is 0 Å². The minimum Gasteiger partial charge on any atom is -0.362 e. The van der Waals surface area contributed by atoms with E-state index in [1.807, 2.05) is 6.20 Å². The highest BCUT2D eigenvalue weighted by Gasteiger charge is 2.09. The molecular weight excluding hydrogens is 242 g/mol. The number of hydrogen-bond acceptors (Lipinski definition) is 3. The maximum Gasteiger partial charge on any atom is 0.183 e. The van der Waals surface area contributed by atoms with Crippen LogP contribution in [0.15, 0.2) is 29.8 Å². The van der Waals surface area contributed by atoms with Crippen molar-refractivity contribution in [3.63, 3.8) is 0 Å². The molecule has 0 radical (unpaired) electrons. The minimum atomic E-state index is 0.903. The fourth-order valence-corrected chi connectivity index (χ4v) is 2.86. The number of nitrogens with one attached hydrogen (secondary N) is 2. The average molecular weight is 257 g/mol. The van der Waals surface area contributed by atoms with Gasteiger partial charge in [0.2, 0.25) is 0 Å². The standard InChI is InChI=1S/C14H15N3S/c1-3-15-14-17-13(8-18-14)11-7-16-12-6-9(2)4-5-10(11)12/h4-8,16H,3H2,1-2H3,(H,15,17). The second-order valence-corrected chi connectivity index (χ2v) is 5.18. The SMILES string of the molecule is CCNc1nc(-c2c[nH]c3cc(C)ccc23)cs1. The highest BCUT2D eigenvalue weighted by Crippen LogP contribution is 2.31. The molecule has 0 spiro atoms. The highest BCUT2D eigenvalue weighted by atomic mass is 32.1. The zero-order valence-electron chi connectivity index (χ0n) is 10.4. The number of anilines is 1. The molecule has 0 saturated heterocycles. The highest BCUT2D eigenvalue weighted by molar-refractivity contribution is 7.14. The number of hydrogen-bond donors (Lipinski definition) is 2. The number of aromatic amines is 1. The zero-order chi connectivity index (χ0) is 12.5. The number of aromatic nitrogens is 2. The van der Waals surface area contributed by atoms with E-state index in [0.717, 1.165) is 17.4 Å². The van der Waals surface area contributed by atoms with Gasteiger partial charge < -0.3 is 10.3 Å². The van der Waals surface area contributed by atoms with Gasteiger partial charge in [0.25, 0.3) is 0 Å². The van der Waals surface area contributed by atoms with Crippen molar-refractivity contribution in [3.05, 3.63) is 35.3 Å². The molecule has 0 aliphatic rings. The lowest BCUT2D eigenvalue weighted by Gasteiger charge is -1.97. The van der Waals surface area contributed by atoms with Crippen molar-refractivity contribution in [1.29, 1.82) is 0 Å². The number of thiazole rings is 1. The van der Waals surface area contributed by atoms with E-state index in [-0.39, 0.29) is 0 Å². The summed E-state index contributed by atoms with van der Waals surface area (Å²) in [5.41, 5.74) is 4.64. The molecule has 1 aromatic carbocycles. The molecule has 4 heteroatoms. The lowest BCUT2D eigenvalue weighted by molar-refractivity contribution is 1.19. The van der Waals surface area contributed by atoms with Crippen LogP contribution >= 0.6 is 11.3 Å². The molecule has 18 heavy (non-hydrogen) atoms. The third-order valence-corrected chi connectivity index (χ3v) is 3.75. The molecule has 0 bridgehead atoms. The molecular formula is C14H15N3S. The number of H-pyrrole nitrogens is 1. The zero-order valence-corrected chi connectivity index (χ0v) is 11.3. The van der Waals surface area contributed by atoms with Crippen LogP contribution in [-0.4, -0.2) is 16.5 Å². The fourth-order valence-electron chi connectivity index (χ4n) is 2.08. The Balaban J connectivity index is 2.07. The van der Waals surface area contributed by atoms with Crippen LogP contribution < -0.4 is 5.32 Å². The molecule has 3 nitrogen and oxygen atoms in total. The Bertz CT molecular complexity index is 681. The summed E-state index contributed by atoms with van der Waals surface area (Å²) in [5, 5.41) is 7.55. The Labute approximate surface area is 110 Å². The quantitative estimate of drug-likeness (QED) is 0.743. The van der Waals surface area contributed by atoms with E-state index >= 15 is 0 Å². The van der Waals surface area contributed by atoms with E-state index in [9.17, 15) is 0 Å². The molecule has 3 rings (SSSR count). The number of aryl methyl sites for hydroxylation is 1. The molecule has 2 aromatic heterocycles. The van der Waals surface area contributed by atoms with Crippen molar-refractivity contribution < 1.29 is 0 Å². The molecule has 92 valence electrons. The first kappa shape index (κ1) is 11.3. The number of nitrogens with zero attached hydrogens (tertiary/aromatic N) is 1. The summed E-state index contributed by atoms with van der Waals surface area (Å²) in [5.74, 6) is 0. The van der Waals surface area contributed by atoms with E-state index in [4.69, 9.17) is 0 Å². The van der Waals surface area contributed by atoms with Crippen LogP contribution in [0.1, 0.15) is 12.5 Å².